The first-order valence-corrected chi connectivity index (χ1v) is 9.22. The van der Waals surface area contributed by atoms with Crippen LogP contribution in [-0.2, 0) is 19.5 Å². The lowest BCUT2D eigenvalue weighted by atomic mass is 9.93. The molecule has 1 N–H and O–H groups in total. The van der Waals surface area contributed by atoms with Gasteiger partial charge in [-0.15, -0.1) is 10.2 Å². The molecule has 2 heterocycles. The number of carbonyl (C=O) groups is 1. The molecule has 2 amide bonds. The van der Waals surface area contributed by atoms with E-state index in [1.54, 1.807) is 13.4 Å². The van der Waals surface area contributed by atoms with E-state index in [-0.39, 0.29) is 6.03 Å². The maximum atomic E-state index is 12.4. The Morgan fingerprint density at radius 2 is 2.00 bits per heavy atom. The van der Waals surface area contributed by atoms with E-state index in [1.807, 2.05) is 29.2 Å². The predicted molar refractivity (Wildman–Crippen MR) is 98.9 cm³/mol. The van der Waals surface area contributed by atoms with Gasteiger partial charge in [0, 0.05) is 32.6 Å². The van der Waals surface area contributed by atoms with Gasteiger partial charge >= 0.3 is 6.03 Å². The lowest BCUT2D eigenvalue weighted by Gasteiger charge is -2.32. The van der Waals surface area contributed by atoms with Gasteiger partial charge < -0.3 is 19.5 Å². The second-order valence-electron chi connectivity index (χ2n) is 6.67. The van der Waals surface area contributed by atoms with Crippen LogP contribution in [0.15, 0.2) is 30.6 Å². The highest BCUT2D eigenvalue weighted by atomic mass is 16.5. The summed E-state index contributed by atoms with van der Waals surface area (Å²) in [7, 11) is 1.65. The Balaban J connectivity index is 1.43. The van der Waals surface area contributed by atoms with Gasteiger partial charge in [0.2, 0.25) is 0 Å². The van der Waals surface area contributed by atoms with Crippen molar-refractivity contribution in [3.05, 3.63) is 42.0 Å². The molecule has 26 heavy (non-hydrogen) atoms. The zero-order valence-electron chi connectivity index (χ0n) is 15.5. The number of piperidine rings is 1. The number of rotatable bonds is 6. The molecule has 1 aliphatic rings. The largest absolute Gasteiger partial charge is 0.497 e. The molecule has 0 unspecified atom stereocenters. The molecule has 0 aliphatic carbocycles. The summed E-state index contributed by atoms with van der Waals surface area (Å²) in [5.41, 5.74) is 1.06. The smallest absolute Gasteiger partial charge is 0.317 e. The van der Waals surface area contributed by atoms with Crippen molar-refractivity contribution >= 4 is 6.03 Å². The van der Waals surface area contributed by atoms with Crippen molar-refractivity contribution in [3.63, 3.8) is 0 Å². The third kappa shape index (κ3) is 4.53. The van der Waals surface area contributed by atoms with Crippen molar-refractivity contribution in [1.82, 2.24) is 25.0 Å². The number of hydrogen-bond acceptors (Lipinski definition) is 4. The van der Waals surface area contributed by atoms with Crippen molar-refractivity contribution in [2.75, 3.05) is 20.2 Å². The quantitative estimate of drug-likeness (QED) is 0.862. The van der Waals surface area contributed by atoms with Gasteiger partial charge in [-0.05, 0) is 43.4 Å². The van der Waals surface area contributed by atoms with Crippen LogP contribution in [0.2, 0.25) is 0 Å². The third-order valence-electron chi connectivity index (χ3n) is 5.01. The molecule has 1 aromatic carbocycles. The lowest BCUT2D eigenvalue weighted by molar-refractivity contribution is 0.169. The molecule has 0 saturated carbocycles. The Bertz CT molecular complexity index is 705. The van der Waals surface area contributed by atoms with Gasteiger partial charge in [-0.2, -0.15) is 0 Å². The van der Waals surface area contributed by atoms with Crippen LogP contribution in [0.3, 0.4) is 0 Å². The van der Waals surface area contributed by atoms with E-state index in [0.717, 1.165) is 56.0 Å². The molecule has 7 nitrogen and oxygen atoms in total. The predicted octanol–water partition coefficient (Wildman–Crippen LogP) is 2.47. The average molecular weight is 357 g/mol. The number of ether oxygens (including phenoxy) is 1. The van der Waals surface area contributed by atoms with E-state index in [1.165, 1.54) is 0 Å². The Morgan fingerprint density at radius 3 is 2.65 bits per heavy atom. The zero-order chi connectivity index (χ0) is 18.4. The van der Waals surface area contributed by atoms with E-state index in [9.17, 15) is 4.79 Å². The van der Waals surface area contributed by atoms with Gasteiger partial charge in [-0.3, -0.25) is 0 Å². The van der Waals surface area contributed by atoms with Crippen molar-refractivity contribution < 1.29 is 9.53 Å². The summed E-state index contributed by atoms with van der Waals surface area (Å²) >= 11 is 0. The third-order valence-corrected chi connectivity index (χ3v) is 5.01. The molecule has 1 aliphatic heterocycles. The van der Waals surface area contributed by atoms with Crippen LogP contribution in [0, 0.1) is 5.92 Å². The summed E-state index contributed by atoms with van der Waals surface area (Å²) in [5.74, 6) is 2.44. The molecule has 0 spiro atoms. The van der Waals surface area contributed by atoms with E-state index in [4.69, 9.17) is 4.74 Å². The van der Waals surface area contributed by atoms with Gasteiger partial charge in [0.15, 0.2) is 0 Å². The molecular weight excluding hydrogens is 330 g/mol. The number of nitrogens with zero attached hydrogens (tertiary/aromatic N) is 4. The van der Waals surface area contributed by atoms with Gasteiger partial charge in [0.1, 0.15) is 17.9 Å². The number of nitrogens with one attached hydrogen (secondary N) is 1. The standard InChI is InChI=1S/C19H27N5O2/c1-3-23-14-21-22-18(23)12-15-8-10-24(11-9-15)19(25)20-13-16-4-6-17(26-2)7-5-16/h4-7,14-15H,3,8-13H2,1-2H3,(H,20,25). The van der Waals surface area contributed by atoms with Crippen LogP contribution >= 0.6 is 0 Å². The maximum Gasteiger partial charge on any atom is 0.317 e. The molecule has 1 saturated heterocycles. The number of benzene rings is 1. The van der Waals surface area contributed by atoms with Crippen LogP contribution in [0.4, 0.5) is 4.79 Å². The molecular formula is C19H27N5O2. The van der Waals surface area contributed by atoms with Crippen molar-refractivity contribution in [3.8, 4) is 5.75 Å². The fourth-order valence-electron chi connectivity index (χ4n) is 3.33. The second-order valence-corrected chi connectivity index (χ2v) is 6.67. The number of aryl methyl sites for hydroxylation is 1. The number of methoxy groups -OCH3 is 1. The Kier molecular flexibility index (Phi) is 6.09. The van der Waals surface area contributed by atoms with E-state index < -0.39 is 0 Å². The molecule has 1 fully saturated rings. The first-order chi connectivity index (χ1) is 12.7. The van der Waals surface area contributed by atoms with Gasteiger partial charge in [-0.1, -0.05) is 12.1 Å². The zero-order valence-corrected chi connectivity index (χ0v) is 15.5. The number of likely N-dealkylation sites (tertiary alicyclic amines) is 1. The van der Waals surface area contributed by atoms with Crippen molar-refractivity contribution in [2.45, 2.75) is 39.3 Å². The first-order valence-electron chi connectivity index (χ1n) is 9.22. The monoisotopic (exact) mass is 357 g/mol. The van der Waals surface area contributed by atoms with Gasteiger partial charge in [0.05, 0.1) is 7.11 Å². The summed E-state index contributed by atoms with van der Waals surface area (Å²) in [4.78, 5) is 14.3. The van der Waals surface area contributed by atoms with E-state index in [2.05, 4.69) is 27.0 Å². The SMILES string of the molecule is CCn1cnnc1CC1CCN(C(=O)NCc2ccc(OC)cc2)CC1. The van der Waals surface area contributed by atoms with E-state index in [0.29, 0.717) is 12.5 Å². The summed E-state index contributed by atoms with van der Waals surface area (Å²) < 4.78 is 7.24. The molecule has 140 valence electrons. The highest BCUT2D eigenvalue weighted by Crippen LogP contribution is 2.21. The summed E-state index contributed by atoms with van der Waals surface area (Å²) in [5, 5.41) is 11.2. The van der Waals surface area contributed by atoms with Crippen LogP contribution in [0.25, 0.3) is 0 Å². The van der Waals surface area contributed by atoms with E-state index >= 15 is 0 Å². The van der Waals surface area contributed by atoms with Crippen LogP contribution < -0.4 is 10.1 Å². The summed E-state index contributed by atoms with van der Waals surface area (Å²) in [6.07, 6.45) is 4.74. The molecule has 0 atom stereocenters. The van der Waals surface area contributed by atoms with Crippen molar-refractivity contribution in [1.29, 1.82) is 0 Å². The average Bonchev–Trinajstić information content (AvgIpc) is 3.14. The number of urea groups is 1. The number of aromatic nitrogens is 3. The Labute approximate surface area is 154 Å². The molecule has 0 radical (unpaired) electrons. The minimum Gasteiger partial charge on any atom is -0.497 e. The Hall–Kier alpha value is -2.57. The minimum atomic E-state index is 0.0102. The van der Waals surface area contributed by atoms with Gasteiger partial charge in [0.25, 0.3) is 0 Å². The fourth-order valence-corrected chi connectivity index (χ4v) is 3.33. The number of hydrogen-bond donors (Lipinski definition) is 1. The molecule has 3 rings (SSSR count). The highest BCUT2D eigenvalue weighted by molar-refractivity contribution is 5.74. The summed E-state index contributed by atoms with van der Waals surface area (Å²) in [6, 6.07) is 7.75. The van der Waals surface area contributed by atoms with Gasteiger partial charge in [-0.25, -0.2) is 4.79 Å². The first kappa shape index (κ1) is 18.2. The normalized spacial score (nSPS) is 15.1. The molecule has 7 heteroatoms. The second kappa shape index (κ2) is 8.69. The summed E-state index contributed by atoms with van der Waals surface area (Å²) in [6.45, 7) is 5.11. The lowest BCUT2D eigenvalue weighted by Crippen LogP contribution is -2.44. The number of carbonyl (C=O) groups excluding carboxylic acids is 1. The topological polar surface area (TPSA) is 72.3 Å². The molecule has 1 aromatic heterocycles. The fraction of sp³-hybridized carbons (Fsp3) is 0.526. The maximum absolute atomic E-state index is 12.4. The molecule has 0 bridgehead atoms. The van der Waals surface area contributed by atoms with Crippen LogP contribution in [0.5, 0.6) is 5.75 Å². The number of amides is 2. The Morgan fingerprint density at radius 1 is 1.27 bits per heavy atom. The molecule has 2 aromatic rings. The van der Waals surface area contributed by atoms with Crippen LogP contribution in [-0.4, -0.2) is 45.9 Å². The van der Waals surface area contributed by atoms with Crippen LogP contribution in [0.1, 0.15) is 31.2 Å². The minimum absolute atomic E-state index is 0.0102. The highest BCUT2D eigenvalue weighted by Gasteiger charge is 2.24. The van der Waals surface area contributed by atoms with Crippen molar-refractivity contribution in [2.24, 2.45) is 5.92 Å².